The predicted molar refractivity (Wildman–Crippen MR) is 57.1 cm³/mol. The van der Waals surface area contributed by atoms with Crippen LogP contribution in [-0.4, -0.2) is 14.2 Å². The number of hydrogen-bond acceptors (Lipinski definition) is 3. The summed E-state index contributed by atoms with van der Waals surface area (Å²) < 4.78 is 47.7. The van der Waals surface area contributed by atoms with Gasteiger partial charge in [0.05, 0.1) is 0 Å². The lowest BCUT2D eigenvalue weighted by atomic mass is 10.3. The Morgan fingerprint density at radius 2 is 2.00 bits per heavy atom. The van der Waals surface area contributed by atoms with E-state index in [-0.39, 0.29) is 5.69 Å². The van der Waals surface area contributed by atoms with Gasteiger partial charge in [0.2, 0.25) is 0 Å². The number of rotatable bonds is 3. The molecule has 1 aromatic rings. The van der Waals surface area contributed by atoms with Gasteiger partial charge in [-0.2, -0.15) is 8.78 Å². The number of hydrogen-bond donors (Lipinski definition) is 2. The van der Waals surface area contributed by atoms with E-state index in [1.165, 1.54) is 18.2 Å². The van der Waals surface area contributed by atoms with Crippen molar-refractivity contribution in [2.24, 2.45) is 0 Å². The summed E-state index contributed by atoms with van der Waals surface area (Å²) in [5.41, 5.74) is 5.85. The largest absolute Gasteiger partial charge is 0.398 e. The summed E-state index contributed by atoms with van der Waals surface area (Å²) in [5, 5.41) is 0. The zero-order valence-electron chi connectivity index (χ0n) is 7.25. The minimum absolute atomic E-state index is 0.0244. The van der Waals surface area contributed by atoms with E-state index in [2.05, 4.69) is 15.9 Å². The average Bonchev–Trinajstić information content (AvgIpc) is 2.10. The molecule has 0 saturated heterocycles. The Hall–Kier alpha value is -0.890. The first kappa shape index (κ1) is 12.2. The second-order valence-electron chi connectivity index (χ2n) is 2.64. The van der Waals surface area contributed by atoms with Crippen LogP contribution < -0.4 is 10.5 Å². The Kier molecular flexibility index (Phi) is 3.50. The molecular formula is C7H7BrF2N2O2S. The summed E-state index contributed by atoms with van der Waals surface area (Å²) in [4.78, 5) is 0. The van der Waals surface area contributed by atoms with Gasteiger partial charge in [0.15, 0.2) is 0 Å². The van der Waals surface area contributed by atoms with E-state index in [1.807, 2.05) is 0 Å². The molecule has 4 nitrogen and oxygen atoms in total. The molecule has 0 amide bonds. The number of sulfonamides is 1. The molecule has 0 heterocycles. The predicted octanol–water partition coefficient (Wildman–Crippen LogP) is 2.00. The van der Waals surface area contributed by atoms with Gasteiger partial charge in [0, 0.05) is 15.8 Å². The maximum absolute atomic E-state index is 12.0. The number of alkyl halides is 2. The third-order valence-corrected chi connectivity index (χ3v) is 3.17. The monoisotopic (exact) mass is 300 g/mol. The molecule has 1 aromatic carbocycles. The molecule has 15 heavy (non-hydrogen) atoms. The third-order valence-electron chi connectivity index (χ3n) is 1.50. The molecule has 3 N–H and O–H groups in total. The van der Waals surface area contributed by atoms with Crippen molar-refractivity contribution in [1.29, 1.82) is 0 Å². The van der Waals surface area contributed by atoms with Gasteiger partial charge in [-0.3, -0.25) is 4.72 Å². The molecule has 0 bridgehead atoms. The van der Waals surface area contributed by atoms with Crippen LogP contribution in [0.25, 0.3) is 0 Å². The number of halogens is 3. The quantitative estimate of drug-likeness (QED) is 0.839. The van der Waals surface area contributed by atoms with Gasteiger partial charge < -0.3 is 5.73 Å². The van der Waals surface area contributed by atoms with Crippen molar-refractivity contribution in [3.63, 3.8) is 0 Å². The normalized spacial score (nSPS) is 11.7. The number of nitrogens with one attached hydrogen (secondary N) is 1. The molecule has 0 unspecified atom stereocenters. The minimum atomic E-state index is -4.63. The summed E-state index contributed by atoms with van der Waals surface area (Å²) >= 11 is 3.04. The summed E-state index contributed by atoms with van der Waals surface area (Å²) in [6.07, 6.45) is 0. The van der Waals surface area contributed by atoms with E-state index in [1.54, 1.807) is 4.72 Å². The lowest BCUT2D eigenvalue weighted by Gasteiger charge is -2.07. The second-order valence-corrected chi connectivity index (χ2v) is 5.15. The van der Waals surface area contributed by atoms with E-state index in [4.69, 9.17) is 5.73 Å². The Balaban J connectivity index is 2.96. The van der Waals surface area contributed by atoms with Crippen LogP contribution in [0.15, 0.2) is 22.7 Å². The highest BCUT2D eigenvalue weighted by Crippen LogP contribution is 2.24. The van der Waals surface area contributed by atoms with Crippen LogP contribution in [0.5, 0.6) is 0 Å². The van der Waals surface area contributed by atoms with E-state index < -0.39 is 15.8 Å². The summed E-state index contributed by atoms with van der Waals surface area (Å²) in [6, 6.07) is 3.99. The van der Waals surface area contributed by atoms with E-state index in [9.17, 15) is 17.2 Å². The first-order valence-electron chi connectivity index (χ1n) is 3.68. The summed E-state index contributed by atoms with van der Waals surface area (Å²) in [7, 11) is -4.63. The van der Waals surface area contributed by atoms with Crippen molar-refractivity contribution in [3.8, 4) is 0 Å². The van der Waals surface area contributed by atoms with Crippen molar-refractivity contribution >= 4 is 37.3 Å². The maximum Gasteiger partial charge on any atom is 0.355 e. The second kappa shape index (κ2) is 4.31. The van der Waals surface area contributed by atoms with Gasteiger partial charge in [-0.25, -0.2) is 8.42 Å². The zero-order chi connectivity index (χ0) is 11.6. The molecular weight excluding hydrogens is 294 g/mol. The Morgan fingerprint density at radius 1 is 1.40 bits per heavy atom. The highest BCUT2D eigenvalue weighted by atomic mass is 79.9. The fourth-order valence-electron chi connectivity index (χ4n) is 0.799. The Bertz CT molecular complexity index is 464. The van der Waals surface area contributed by atoms with Gasteiger partial charge in [0.1, 0.15) is 0 Å². The summed E-state index contributed by atoms with van der Waals surface area (Å²) in [6.45, 7) is 0. The van der Waals surface area contributed by atoms with E-state index in [0.29, 0.717) is 10.2 Å². The van der Waals surface area contributed by atoms with Crippen molar-refractivity contribution in [1.82, 2.24) is 0 Å². The van der Waals surface area contributed by atoms with Crippen molar-refractivity contribution < 1.29 is 17.2 Å². The first-order valence-corrected chi connectivity index (χ1v) is 6.01. The maximum atomic E-state index is 12.0. The van der Waals surface area contributed by atoms with E-state index >= 15 is 0 Å². The average molecular weight is 301 g/mol. The topological polar surface area (TPSA) is 72.2 Å². The van der Waals surface area contributed by atoms with E-state index in [0.717, 1.165) is 0 Å². The highest BCUT2D eigenvalue weighted by Gasteiger charge is 2.23. The number of anilines is 2. The summed E-state index contributed by atoms with van der Waals surface area (Å²) in [5.74, 6) is -3.46. The molecule has 0 atom stereocenters. The third kappa shape index (κ3) is 3.03. The standard InChI is InChI=1S/C7H7BrF2N2O2S/c8-5-3-4(1-2-6(5)11)12-15(13,14)7(9)10/h1-3,7,12H,11H2. The molecule has 0 radical (unpaired) electrons. The Morgan fingerprint density at radius 3 is 2.47 bits per heavy atom. The van der Waals surface area contributed by atoms with Crippen LogP contribution in [0.1, 0.15) is 0 Å². The van der Waals surface area contributed by atoms with Crippen LogP contribution in [0, 0.1) is 0 Å². The highest BCUT2D eigenvalue weighted by molar-refractivity contribution is 9.10. The molecule has 0 fully saturated rings. The number of benzene rings is 1. The van der Waals surface area contributed by atoms with Crippen molar-refractivity contribution in [2.45, 2.75) is 5.76 Å². The van der Waals surface area contributed by atoms with Crippen LogP contribution in [0.3, 0.4) is 0 Å². The minimum Gasteiger partial charge on any atom is -0.398 e. The fourth-order valence-corrected chi connectivity index (χ4v) is 1.72. The first-order chi connectivity index (χ1) is 6.83. The van der Waals surface area contributed by atoms with Crippen molar-refractivity contribution in [3.05, 3.63) is 22.7 Å². The molecule has 1 rings (SSSR count). The molecule has 84 valence electrons. The SMILES string of the molecule is Nc1ccc(NS(=O)(=O)C(F)F)cc1Br. The fraction of sp³-hybridized carbons (Fsp3) is 0.143. The van der Waals surface area contributed by atoms with Crippen LogP contribution in [0.2, 0.25) is 0 Å². The molecule has 0 aliphatic rings. The zero-order valence-corrected chi connectivity index (χ0v) is 9.65. The molecule has 0 aliphatic carbocycles. The van der Waals surface area contributed by atoms with Crippen LogP contribution >= 0.6 is 15.9 Å². The Labute approximate surface area is 93.6 Å². The van der Waals surface area contributed by atoms with Crippen LogP contribution in [0.4, 0.5) is 20.2 Å². The van der Waals surface area contributed by atoms with Gasteiger partial charge in [0.25, 0.3) is 10.0 Å². The van der Waals surface area contributed by atoms with Gasteiger partial charge in [-0.05, 0) is 34.1 Å². The lowest BCUT2D eigenvalue weighted by molar-refractivity contribution is 0.236. The van der Waals surface area contributed by atoms with Crippen molar-refractivity contribution in [2.75, 3.05) is 10.5 Å². The van der Waals surface area contributed by atoms with Gasteiger partial charge in [-0.1, -0.05) is 0 Å². The smallest absolute Gasteiger partial charge is 0.355 e. The molecule has 0 aromatic heterocycles. The molecule has 0 aliphatic heterocycles. The van der Waals surface area contributed by atoms with Crippen LogP contribution in [-0.2, 0) is 10.0 Å². The van der Waals surface area contributed by atoms with Gasteiger partial charge in [-0.15, -0.1) is 0 Å². The molecule has 0 saturated carbocycles. The molecule has 8 heteroatoms. The number of nitrogen functional groups attached to an aromatic ring is 1. The lowest BCUT2D eigenvalue weighted by Crippen LogP contribution is -2.20. The van der Waals surface area contributed by atoms with Gasteiger partial charge >= 0.3 is 5.76 Å². The number of nitrogens with two attached hydrogens (primary N) is 1. The molecule has 0 spiro atoms.